The standard InChI is InChI=1S/C20H22ClN3S/c1-20(2)14-8-7-13(11-14)16(20)9-10-22-24-19-23-18(12-25-19)15-5-3-4-6-17(15)21/h3-6,9-10,12-14H,7-8,11H2,1-2H3,(H,23,24). The average molecular weight is 372 g/mol. The van der Waals surface area contributed by atoms with Gasteiger partial charge in [0.05, 0.1) is 5.69 Å². The van der Waals surface area contributed by atoms with E-state index >= 15 is 0 Å². The lowest BCUT2D eigenvalue weighted by molar-refractivity contribution is 0.288. The summed E-state index contributed by atoms with van der Waals surface area (Å²) in [5, 5.41) is 7.83. The molecule has 3 nitrogen and oxygen atoms in total. The third-order valence-corrected chi connectivity index (χ3v) is 6.86. The number of fused-ring (bicyclic) bond motifs is 2. The molecule has 1 N–H and O–H groups in total. The highest BCUT2D eigenvalue weighted by molar-refractivity contribution is 7.14. The Hall–Kier alpha value is -1.65. The topological polar surface area (TPSA) is 37.3 Å². The number of aromatic nitrogens is 1. The number of benzene rings is 1. The third kappa shape index (κ3) is 3.13. The van der Waals surface area contributed by atoms with Crippen LogP contribution in [-0.4, -0.2) is 11.2 Å². The maximum Gasteiger partial charge on any atom is 0.203 e. The van der Waals surface area contributed by atoms with E-state index in [0.29, 0.717) is 10.4 Å². The van der Waals surface area contributed by atoms with Crippen LogP contribution in [0.1, 0.15) is 33.1 Å². The molecule has 1 aromatic heterocycles. The van der Waals surface area contributed by atoms with Gasteiger partial charge in [-0.15, -0.1) is 11.3 Å². The van der Waals surface area contributed by atoms with Crippen molar-refractivity contribution in [2.45, 2.75) is 33.1 Å². The van der Waals surface area contributed by atoms with E-state index in [-0.39, 0.29) is 0 Å². The van der Waals surface area contributed by atoms with Crippen molar-refractivity contribution >= 4 is 34.3 Å². The minimum absolute atomic E-state index is 0.327. The van der Waals surface area contributed by atoms with E-state index < -0.39 is 0 Å². The second kappa shape index (κ2) is 6.58. The van der Waals surface area contributed by atoms with E-state index in [2.05, 4.69) is 35.4 Å². The van der Waals surface area contributed by atoms with Gasteiger partial charge < -0.3 is 0 Å². The largest absolute Gasteiger partial charge is 0.253 e. The molecule has 2 unspecified atom stereocenters. The number of rotatable bonds is 4. The Kier molecular flexibility index (Phi) is 4.42. The zero-order valence-corrected chi connectivity index (χ0v) is 16.1. The van der Waals surface area contributed by atoms with E-state index in [4.69, 9.17) is 11.6 Å². The first-order valence-electron chi connectivity index (χ1n) is 8.76. The van der Waals surface area contributed by atoms with Crippen molar-refractivity contribution < 1.29 is 0 Å². The molecule has 2 bridgehead atoms. The van der Waals surface area contributed by atoms with E-state index in [9.17, 15) is 0 Å². The molecule has 5 heteroatoms. The summed E-state index contributed by atoms with van der Waals surface area (Å²) in [4.78, 5) is 4.57. The molecule has 25 heavy (non-hydrogen) atoms. The number of anilines is 1. The number of hydrazone groups is 1. The van der Waals surface area contributed by atoms with Gasteiger partial charge in [-0.2, -0.15) is 5.10 Å². The Morgan fingerprint density at radius 1 is 1.32 bits per heavy atom. The summed E-state index contributed by atoms with van der Waals surface area (Å²) in [6.45, 7) is 4.75. The van der Waals surface area contributed by atoms with Crippen molar-refractivity contribution in [3.05, 3.63) is 46.3 Å². The van der Waals surface area contributed by atoms with Crippen molar-refractivity contribution in [2.75, 3.05) is 5.43 Å². The van der Waals surface area contributed by atoms with E-state index in [0.717, 1.165) is 28.2 Å². The van der Waals surface area contributed by atoms with Gasteiger partial charge in [-0.3, -0.25) is 5.43 Å². The highest BCUT2D eigenvalue weighted by atomic mass is 35.5. The number of hydrogen-bond acceptors (Lipinski definition) is 4. The van der Waals surface area contributed by atoms with Crippen molar-refractivity contribution in [3.63, 3.8) is 0 Å². The summed E-state index contributed by atoms with van der Waals surface area (Å²) >= 11 is 7.76. The SMILES string of the molecule is CC1(C)C(=CC=NNc2nc(-c3ccccc3Cl)cs2)C2CCC1C2. The predicted molar refractivity (Wildman–Crippen MR) is 107 cm³/mol. The smallest absolute Gasteiger partial charge is 0.203 e. The molecule has 1 aromatic carbocycles. The average Bonchev–Trinajstić information content (AvgIpc) is 3.28. The zero-order valence-electron chi connectivity index (χ0n) is 14.5. The van der Waals surface area contributed by atoms with Gasteiger partial charge >= 0.3 is 0 Å². The summed E-state index contributed by atoms with van der Waals surface area (Å²) in [7, 11) is 0. The van der Waals surface area contributed by atoms with Crippen LogP contribution in [0, 0.1) is 17.3 Å². The van der Waals surface area contributed by atoms with Crippen LogP contribution in [0.5, 0.6) is 0 Å². The van der Waals surface area contributed by atoms with Gasteiger partial charge in [-0.1, -0.05) is 49.2 Å². The quantitative estimate of drug-likeness (QED) is 0.509. The number of hydrogen-bond donors (Lipinski definition) is 1. The van der Waals surface area contributed by atoms with Gasteiger partial charge in [0.25, 0.3) is 0 Å². The summed E-state index contributed by atoms with van der Waals surface area (Å²) in [6, 6.07) is 7.75. The third-order valence-electron chi connectivity index (χ3n) is 5.78. The van der Waals surface area contributed by atoms with Gasteiger partial charge in [0.1, 0.15) is 0 Å². The van der Waals surface area contributed by atoms with Gasteiger partial charge in [-0.05, 0) is 48.7 Å². The molecule has 2 aliphatic carbocycles. The summed E-state index contributed by atoms with van der Waals surface area (Å²) in [5.74, 6) is 1.61. The molecule has 0 amide bonds. The number of nitrogens with zero attached hydrogens (tertiary/aromatic N) is 2. The number of halogens is 1. The molecular formula is C20H22ClN3S. The Morgan fingerprint density at radius 2 is 2.16 bits per heavy atom. The van der Waals surface area contributed by atoms with Crippen LogP contribution < -0.4 is 5.43 Å². The van der Waals surface area contributed by atoms with Crippen LogP contribution in [0.25, 0.3) is 11.3 Å². The van der Waals surface area contributed by atoms with Gasteiger partial charge in [0.2, 0.25) is 5.13 Å². The zero-order chi connectivity index (χ0) is 17.4. The Bertz CT molecular complexity index is 837. The first kappa shape index (κ1) is 16.8. The normalized spacial score (nSPS) is 26.0. The fourth-order valence-corrected chi connectivity index (χ4v) is 5.25. The van der Waals surface area contributed by atoms with Gasteiger partial charge in [0, 0.05) is 22.2 Å². The van der Waals surface area contributed by atoms with Gasteiger partial charge in [-0.25, -0.2) is 4.98 Å². The second-order valence-corrected chi connectivity index (χ2v) is 8.72. The van der Waals surface area contributed by atoms with Crippen LogP contribution in [0.15, 0.2) is 46.4 Å². The maximum atomic E-state index is 6.23. The van der Waals surface area contributed by atoms with Crippen molar-refractivity contribution in [3.8, 4) is 11.3 Å². The molecule has 0 spiro atoms. The molecule has 0 aliphatic heterocycles. The number of nitrogens with one attached hydrogen (secondary N) is 1. The molecule has 2 aromatic rings. The van der Waals surface area contributed by atoms with Crippen LogP contribution in [-0.2, 0) is 0 Å². The lowest BCUT2D eigenvalue weighted by Gasteiger charge is -2.32. The van der Waals surface area contributed by atoms with Crippen LogP contribution >= 0.6 is 22.9 Å². The molecule has 130 valence electrons. The monoisotopic (exact) mass is 371 g/mol. The number of allylic oxidation sites excluding steroid dienone is 2. The summed E-state index contributed by atoms with van der Waals surface area (Å²) in [5.41, 5.74) is 6.75. The molecule has 2 atom stereocenters. The van der Waals surface area contributed by atoms with Gasteiger partial charge in [0.15, 0.2) is 0 Å². The van der Waals surface area contributed by atoms with Crippen molar-refractivity contribution in [2.24, 2.45) is 22.4 Å². The fraction of sp³-hybridized carbons (Fsp3) is 0.400. The molecule has 0 saturated heterocycles. The molecule has 4 rings (SSSR count). The minimum atomic E-state index is 0.327. The number of thiazole rings is 1. The molecule has 0 radical (unpaired) electrons. The fourth-order valence-electron chi connectivity index (χ4n) is 4.36. The Labute approximate surface area is 157 Å². The van der Waals surface area contributed by atoms with Crippen LogP contribution in [0.4, 0.5) is 5.13 Å². The molecule has 1 heterocycles. The minimum Gasteiger partial charge on any atom is -0.253 e. The predicted octanol–water partition coefficient (Wildman–Crippen LogP) is 6.24. The highest BCUT2D eigenvalue weighted by Gasteiger charge is 2.48. The first-order chi connectivity index (χ1) is 12.1. The summed E-state index contributed by atoms with van der Waals surface area (Å²) < 4.78 is 0. The van der Waals surface area contributed by atoms with Crippen LogP contribution in [0.2, 0.25) is 5.02 Å². The summed E-state index contributed by atoms with van der Waals surface area (Å²) in [6.07, 6.45) is 8.17. The second-order valence-electron chi connectivity index (χ2n) is 7.46. The molecule has 2 fully saturated rings. The van der Waals surface area contributed by atoms with Crippen molar-refractivity contribution in [1.29, 1.82) is 0 Å². The van der Waals surface area contributed by atoms with Crippen molar-refractivity contribution in [1.82, 2.24) is 4.98 Å². The molecule has 2 saturated carbocycles. The first-order valence-corrected chi connectivity index (χ1v) is 10.0. The van der Waals surface area contributed by atoms with Crippen LogP contribution in [0.3, 0.4) is 0 Å². The van der Waals surface area contributed by atoms with E-state index in [1.807, 2.05) is 35.9 Å². The van der Waals surface area contributed by atoms with E-state index in [1.165, 1.54) is 30.6 Å². The Balaban J connectivity index is 1.43. The maximum absolute atomic E-state index is 6.23. The Morgan fingerprint density at radius 3 is 2.92 bits per heavy atom. The molecule has 2 aliphatic rings. The lowest BCUT2D eigenvalue weighted by Crippen LogP contribution is -2.22. The van der Waals surface area contributed by atoms with E-state index in [1.54, 1.807) is 5.57 Å². The molecular weight excluding hydrogens is 350 g/mol. The lowest BCUT2D eigenvalue weighted by atomic mass is 9.73. The highest BCUT2D eigenvalue weighted by Crippen LogP contribution is 2.58.